The van der Waals surface area contributed by atoms with Crippen LogP contribution in [-0.2, 0) is 16.1 Å². The van der Waals surface area contributed by atoms with Gasteiger partial charge in [0, 0.05) is 11.3 Å². The molecule has 1 aliphatic heterocycles. The zero-order valence-electron chi connectivity index (χ0n) is 8.54. The Labute approximate surface area is 89.4 Å². The zero-order valence-corrected chi connectivity index (χ0v) is 8.54. The Balaban J connectivity index is 2.17. The second kappa shape index (κ2) is 3.91. The first-order chi connectivity index (χ1) is 7.16. The molecule has 0 saturated carbocycles. The van der Waals surface area contributed by atoms with E-state index in [1.165, 1.54) is 0 Å². The van der Waals surface area contributed by atoms with Crippen LogP contribution in [-0.4, -0.2) is 13.4 Å². The van der Waals surface area contributed by atoms with Gasteiger partial charge in [-0.05, 0) is 30.1 Å². The number of hydrogen-bond acceptors (Lipinski definition) is 2. The molecular formula is C11H11BNO2. The standard InChI is InChI=1S/C11H11BNO2/c1-7(2)11(14)13-9-3-4-10-8(5-9)6-15-12-10/h3-5H,1,6H2,2H3,(H,13,14). The maximum Gasteiger partial charge on any atom is 0.330 e. The molecule has 75 valence electrons. The van der Waals surface area contributed by atoms with Crippen molar-refractivity contribution in [2.75, 3.05) is 5.32 Å². The Morgan fingerprint density at radius 2 is 2.40 bits per heavy atom. The van der Waals surface area contributed by atoms with Crippen molar-refractivity contribution in [3.8, 4) is 0 Å². The topological polar surface area (TPSA) is 38.3 Å². The van der Waals surface area contributed by atoms with Gasteiger partial charge >= 0.3 is 7.48 Å². The van der Waals surface area contributed by atoms with E-state index in [2.05, 4.69) is 11.9 Å². The van der Waals surface area contributed by atoms with Gasteiger partial charge in [-0.15, -0.1) is 0 Å². The van der Waals surface area contributed by atoms with E-state index in [-0.39, 0.29) is 5.91 Å². The van der Waals surface area contributed by atoms with Crippen molar-refractivity contribution in [2.24, 2.45) is 0 Å². The van der Waals surface area contributed by atoms with Crippen LogP contribution in [0.4, 0.5) is 5.69 Å². The largest absolute Gasteiger partial charge is 0.430 e. The summed E-state index contributed by atoms with van der Waals surface area (Å²) in [6.45, 7) is 5.84. The van der Waals surface area contributed by atoms with Crippen molar-refractivity contribution >= 4 is 24.5 Å². The fourth-order valence-electron chi connectivity index (χ4n) is 1.38. The Hall–Kier alpha value is -1.55. The molecule has 3 nitrogen and oxygen atoms in total. The van der Waals surface area contributed by atoms with Crippen molar-refractivity contribution in [1.82, 2.24) is 0 Å². The predicted molar refractivity (Wildman–Crippen MR) is 60.1 cm³/mol. The van der Waals surface area contributed by atoms with Crippen LogP contribution in [0.25, 0.3) is 0 Å². The molecule has 0 aromatic heterocycles. The number of fused-ring (bicyclic) bond motifs is 1. The molecule has 1 N–H and O–H groups in total. The first kappa shape index (κ1) is 9.99. The molecule has 2 rings (SSSR count). The van der Waals surface area contributed by atoms with Crippen LogP contribution in [0.15, 0.2) is 30.4 Å². The molecule has 1 aliphatic rings. The molecule has 1 radical (unpaired) electrons. The second-order valence-electron chi connectivity index (χ2n) is 3.58. The van der Waals surface area contributed by atoms with Crippen LogP contribution in [0.3, 0.4) is 0 Å². The molecule has 1 aromatic carbocycles. The van der Waals surface area contributed by atoms with Gasteiger partial charge in [-0.3, -0.25) is 4.79 Å². The van der Waals surface area contributed by atoms with Crippen molar-refractivity contribution < 1.29 is 9.45 Å². The molecule has 15 heavy (non-hydrogen) atoms. The van der Waals surface area contributed by atoms with Crippen molar-refractivity contribution in [3.05, 3.63) is 35.9 Å². The van der Waals surface area contributed by atoms with E-state index in [0.717, 1.165) is 16.7 Å². The lowest BCUT2D eigenvalue weighted by molar-refractivity contribution is -0.112. The molecule has 0 unspecified atom stereocenters. The van der Waals surface area contributed by atoms with E-state index >= 15 is 0 Å². The lowest BCUT2D eigenvalue weighted by Crippen LogP contribution is -2.15. The Kier molecular flexibility index (Phi) is 2.60. The number of anilines is 1. The van der Waals surface area contributed by atoms with Gasteiger partial charge in [0.05, 0.1) is 6.61 Å². The van der Waals surface area contributed by atoms with Gasteiger partial charge < -0.3 is 9.97 Å². The van der Waals surface area contributed by atoms with Crippen molar-refractivity contribution in [3.63, 3.8) is 0 Å². The van der Waals surface area contributed by atoms with Crippen LogP contribution >= 0.6 is 0 Å². The quantitative estimate of drug-likeness (QED) is 0.570. The number of nitrogens with one attached hydrogen (secondary N) is 1. The smallest absolute Gasteiger partial charge is 0.330 e. The van der Waals surface area contributed by atoms with Gasteiger partial charge in [0.2, 0.25) is 0 Å². The van der Waals surface area contributed by atoms with Gasteiger partial charge in [0.25, 0.3) is 5.91 Å². The highest BCUT2D eigenvalue weighted by Gasteiger charge is 2.13. The maximum absolute atomic E-state index is 11.4. The fourth-order valence-corrected chi connectivity index (χ4v) is 1.38. The third-order valence-corrected chi connectivity index (χ3v) is 2.24. The fraction of sp³-hybridized carbons (Fsp3) is 0.182. The number of amides is 1. The minimum absolute atomic E-state index is 0.155. The monoisotopic (exact) mass is 200 g/mol. The summed E-state index contributed by atoms with van der Waals surface area (Å²) in [4.78, 5) is 11.4. The van der Waals surface area contributed by atoms with Crippen molar-refractivity contribution in [2.45, 2.75) is 13.5 Å². The predicted octanol–water partition coefficient (Wildman–Crippen LogP) is 0.976. The van der Waals surface area contributed by atoms with Gasteiger partial charge in [0.15, 0.2) is 0 Å². The highest BCUT2D eigenvalue weighted by atomic mass is 16.4. The Morgan fingerprint density at radius 3 is 3.13 bits per heavy atom. The molecule has 4 heteroatoms. The molecule has 0 fully saturated rings. The summed E-state index contributed by atoms with van der Waals surface area (Å²) in [6, 6.07) is 5.70. The molecule has 1 amide bonds. The van der Waals surface area contributed by atoms with Crippen LogP contribution in [0, 0.1) is 0 Å². The van der Waals surface area contributed by atoms with E-state index in [0.29, 0.717) is 12.2 Å². The van der Waals surface area contributed by atoms with Crippen LogP contribution in [0.2, 0.25) is 0 Å². The number of benzene rings is 1. The van der Waals surface area contributed by atoms with Gasteiger partial charge in [-0.2, -0.15) is 0 Å². The Morgan fingerprint density at radius 1 is 1.60 bits per heavy atom. The molecule has 0 atom stereocenters. The maximum atomic E-state index is 11.4. The molecule has 0 aliphatic carbocycles. The minimum Gasteiger partial charge on any atom is -0.430 e. The normalized spacial score (nSPS) is 12.9. The summed E-state index contributed by atoms with van der Waals surface area (Å²) in [6.07, 6.45) is 0. The SMILES string of the molecule is C=C(C)C(=O)Nc1ccc2c(c1)CO[B]2. The highest BCUT2D eigenvalue weighted by molar-refractivity contribution is 6.48. The molecular weight excluding hydrogens is 189 g/mol. The molecule has 1 heterocycles. The van der Waals surface area contributed by atoms with Crippen molar-refractivity contribution in [1.29, 1.82) is 0 Å². The van der Waals surface area contributed by atoms with Crippen LogP contribution in [0.1, 0.15) is 12.5 Å². The molecule has 0 bridgehead atoms. The number of rotatable bonds is 2. The summed E-state index contributed by atoms with van der Waals surface area (Å²) >= 11 is 0. The van der Waals surface area contributed by atoms with Gasteiger partial charge in [-0.25, -0.2) is 0 Å². The summed E-state index contributed by atoms with van der Waals surface area (Å²) < 4.78 is 5.17. The average molecular weight is 200 g/mol. The first-order valence-electron chi connectivity index (χ1n) is 4.71. The first-order valence-corrected chi connectivity index (χ1v) is 4.71. The van der Waals surface area contributed by atoms with Gasteiger partial charge in [0.1, 0.15) is 0 Å². The van der Waals surface area contributed by atoms with Gasteiger partial charge in [-0.1, -0.05) is 12.6 Å². The zero-order chi connectivity index (χ0) is 10.8. The number of hydrogen-bond donors (Lipinski definition) is 1. The Bertz CT molecular complexity index is 429. The van der Waals surface area contributed by atoms with Crippen LogP contribution < -0.4 is 10.8 Å². The lowest BCUT2D eigenvalue weighted by atomic mass is 9.87. The van der Waals surface area contributed by atoms with E-state index in [1.54, 1.807) is 14.4 Å². The lowest BCUT2D eigenvalue weighted by Gasteiger charge is -2.06. The summed E-state index contributed by atoms with van der Waals surface area (Å²) in [7, 11) is 1.72. The minimum atomic E-state index is -0.155. The summed E-state index contributed by atoms with van der Waals surface area (Å²) in [5.74, 6) is -0.155. The van der Waals surface area contributed by atoms with E-state index < -0.39 is 0 Å². The summed E-state index contributed by atoms with van der Waals surface area (Å²) in [5, 5.41) is 2.76. The third kappa shape index (κ3) is 2.10. The molecule has 1 aromatic rings. The van der Waals surface area contributed by atoms with E-state index in [4.69, 9.17) is 4.65 Å². The van der Waals surface area contributed by atoms with E-state index in [9.17, 15) is 4.79 Å². The second-order valence-corrected chi connectivity index (χ2v) is 3.58. The number of carbonyl (C=O) groups excluding carboxylic acids is 1. The van der Waals surface area contributed by atoms with E-state index in [1.807, 2.05) is 18.2 Å². The molecule has 0 saturated heterocycles. The number of carbonyl (C=O) groups is 1. The third-order valence-electron chi connectivity index (χ3n) is 2.24. The van der Waals surface area contributed by atoms with Crippen LogP contribution in [0.5, 0.6) is 0 Å². The average Bonchev–Trinajstić information content (AvgIpc) is 2.64. The highest BCUT2D eigenvalue weighted by Crippen LogP contribution is 2.13. The summed E-state index contributed by atoms with van der Waals surface area (Å²) in [5.41, 5.74) is 3.44. The molecule has 0 spiro atoms.